The van der Waals surface area contributed by atoms with Gasteiger partial charge >= 0.3 is 5.97 Å². The minimum atomic E-state index is -1.22. The van der Waals surface area contributed by atoms with Crippen molar-refractivity contribution in [3.63, 3.8) is 0 Å². The second kappa shape index (κ2) is 6.91. The molecule has 112 valence electrons. The minimum Gasteiger partial charge on any atom is -0.466 e. The molecule has 0 bridgehead atoms. The molecule has 1 aromatic carbocycles. The van der Waals surface area contributed by atoms with E-state index in [0.29, 0.717) is 11.4 Å². The van der Waals surface area contributed by atoms with Crippen LogP contribution in [0, 0.1) is 0 Å². The van der Waals surface area contributed by atoms with Gasteiger partial charge in [0.2, 0.25) is 5.82 Å². The molecule has 3 N–H and O–H groups in total. The van der Waals surface area contributed by atoms with E-state index >= 15 is 0 Å². The zero-order chi connectivity index (χ0) is 15.2. The standard InChI is InChI=1S/C13H16N4O4/c1-2-21-11(19)7-10(18)12(20)8-3-5-9(6-4-8)13-14-16-17-15-13/h3-6,10,12,18,20H,2,7H2,1H3,(H,14,15,16,17). The number of carbonyl (C=O) groups excluding carboxylic acids is 1. The quantitative estimate of drug-likeness (QED) is 0.651. The van der Waals surface area contributed by atoms with Crippen LogP contribution >= 0.6 is 0 Å². The van der Waals surface area contributed by atoms with Crippen molar-refractivity contribution < 1.29 is 19.7 Å². The Kier molecular flexibility index (Phi) is 4.96. The molecule has 8 heteroatoms. The average molecular weight is 292 g/mol. The Morgan fingerprint density at radius 2 is 2.05 bits per heavy atom. The summed E-state index contributed by atoms with van der Waals surface area (Å²) >= 11 is 0. The Labute approximate surface area is 120 Å². The largest absolute Gasteiger partial charge is 0.466 e. The van der Waals surface area contributed by atoms with E-state index in [9.17, 15) is 15.0 Å². The molecule has 0 aliphatic heterocycles. The van der Waals surface area contributed by atoms with Gasteiger partial charge in [-0.25, -0.2) is 0 Å². The Morgan fingerprint density at radius 1 is 1.33 bits per heavy atom. The molecule has 1 heterocycles. The Bertz CT molecular complexity index is 570. The summed E-state index contributed by atoms with van der Waals surface area (Å²) in [6.07, 6.45) is -2.66. The average Bonchev–Trinajstić information content (AvgIpc) is 3.01. The minimum absolute atomic E-state index is 0.237. The number of aliphatic hydroxyl groups is 2. The van der Waals surface area contributed by atoms with E-state index in [1.165, 1.54) is 0 Å². The smallest absolute Gasteiger partial charge is 0.308 e. The lowest BCUT2D eigenvalue weighted by Crippen LogP contribution is -2.23. The molecule has 0 saturated carbocycles. The Hall–Kier alpha value is -2.32. The van der Waals surface area contributed by atoms with Gasteiger partial charge in [-0.2, -0.15) is 5.21 Å². The van der Waals surface area contributed by atoms with Gasteiger partial charge in [0.25, 0.3) is 0 Å². The number of nitrogens with one attached hydrogen (secondary N) is 1. The van der Waals surface area contributed by atoms with Gasteiger partial charge in [0, 0.05) is 5.56 Å². The zero-order valence-electron chi connectivity index (χ0n) is 11.4. The number of nitrogens with zero attached hydrogens (tertiary/aromatic N) is 3. The van der Waals surface area contributed by atoms with Crippen molar-refractivity contribution in [3.8, 4) is 11.4 Å². The van der Waals surface area contributed by atoms with E-state index < -0.39 is 18.2 Å². The lowest BCUT2D eigenvalue weighted by molar-refractivity contribution is -0.147. The predicted molar refractivity (Wildman–Crippen MR) is 71.8 cm³/mol. The molecule has 2 unspecified atom stereocenters. The number of benzene rings is 1. The van der Waals surface area contributed by atoms with Gasteiger partial charge in [0.15, 0.2) is 0 Å². The van der Waals surface area contributed by atoms with E-state index in [2.05, 4.69) is 20.6 Å². The van der Waals surface area contributed by atoms with Crippen molar-refractivity contribution in [2.45, 2.75) is 25.6 Å². The number of tetrazole rings is 1. The first-order valence-electron chi connectivity index (χ1n) is 6.47. The fraction of sp³-hybridized carbons (Fsp3) is 0.385. The monoisotopic (exact) mass is 292 g/mol. The zero-order valence-corrected chi connectivity index (χ0v) is 11.4. The second-order valence-electron chi connectivity index (χ2n) is 4.38. The van der Waals surface area contributed by atoms with E-state index in [4.69, 9.17) is 4.74 Å². The molecule has 1 aromatic heterocycles. The summed E-state index contributed by atoms with van der Waals surface area (Å²) in [5.41, 5.74) is 1.21. The van der Waals surface area contributed by atoms with E-state index in [1.807, 2.05) is 0 Å². The first kappa shape index (κ1) is 15.1. The third-order valence-corrected chi connectivity index (χ3v) is 2.90. The van der Waals surface area contributed by atoms with Gasteiger partial charge in [0.05, 0.1) is 19.1 Å². The number of esters is 1. The van der Waals surface area contributed by atoms with Gasteiger partial charge < -0.3 is 14.9 Å². The molecule has 8 nitrogen and oxygen atoms in total. The van der Waals surface area contributed by atoms with Crippen LogP contribution in [0.4, 0.5) is 0 Å². The van der Waals surface area contributed by atoms with E-state index in [0.717, 1.165) is 5.56 Å². The number of aromatic nitrogens is 4. The Morgan fingerprint density at radius 3 is 2.62 bits per heavy atom. The molecule has 2 atom stereocenters. The number of ether oxygens (including phenoxy) is 1. The first-order valence-corrected chi connectivity index (χ1v) is 6.47. The van der Waals surface area contributed by atoms with Crippen LogP contribution in [-0.2, 0) is 9.53 Å². The molecule has 0 aliphatic rings. The molecule has 0 fully saturated rings. The molecule has 2 rings (SSSR count). The normalized spacial score (nSPS) is 13.7. The van der Waals surface area contributed by atoms with E-state index in [1.54, 1.807) is 31.2 Å². The fourth-order valence-corrected chi connectivity index (χ4v) is 1.84. The lowest BCUT2D eigenvalue weighted by Gasteiger charge is -2.17. The number of H-pyrrole nitrogens is 1. The summed E-state index contributed by atoms with van der Waals surface area (Å²) in [7, 11) is 0. The van der Waals surface area contributed by atoms with Crippen molar-refractivity contribution in [2.24, 2.45) is 0 Å². The molecule has 0 radical (unpaired) electrons. The molecule has 0 saturated heterocycles. The maximum Gasteiger partial charge on any atom is 0.308 e. The molecule has 0 aliphatic carbocycles. The van der Waals surface area contributed by atoms with Crippen LogP contribution in [0.3, 0.4) is 0 Å². The number of aromatic amines is 1. The fourth-order valence-electron chi connectivity index (χ4n) is 1.84. The maximum atomic E-state index is 11.3. The molecular formula is C13H16N4O4. The third-order valence-electron chi connectivity index (χ3n) is 2.90. The van der Waals surface area contributed by atoms with Crippen LogP contribution in [-0.4, -0.2) is 49.5 Å². The van der Waals surface area contributed by atoms with Crippen LogP contribution in [0.2, 0.25) is 0 Å². The summed E-state index contributed by atoms with van der Waals surface area (Å²) in [6.45, 7) is 1.92. The molecule has 0 spiro atoms. The van der Waals surface area contributed by atoms with Crippen LogP contribution in [0.25, 0.3) is 11.4 Å². The summed E-state index contributed by atoms with van der Waals surface area (Å²) < 4.78 is 4.73. The predicted octanol–water partition coefficient (Wildman–Crippen LogP) is 0.214. The van der Waals surface area contributed by atoms with Gasteiger partial charge in [-0.05, 0) is 17.7 Å². The SMILES string of the molecule is CCOC(=O)CC(O)C(O)c1ccc(-c2nn[nH]n2)cc1. The summed E-state index contributed by atoms with van der Waals surface area (Å²) in [5, 5.41) is 33.3. The lowest BCUT2D eigenvalue weighted by atomic mass is 10.0. The highest BCUT2D eigenvalue weighted by Crippen LogP contribution is 2.22. The molecule has 21 heavy (non-hydrogen) atoms. The summed E-state index contributed by atoms with van der Waals surface area (Å²) in [6, 6.07) is 6.65. The van der Waals surface area contributed by atoms with Crippen molar-refractivity contribution >= 4 is 5.97 Å². The Balaban J connectivity index is 2.02. The highest BCUT2D eigenvalue weighted by Gasteiger charge is 2.22. The number of hydrogen-bond donors (Lipinski definition) is 3. The molecule has 2 aromatic rings. The van der Waals surface area contributed by atoms with E-state index in [-0.39, 0.29) is 13.0 Å². The summed E-state index contributed by atoms with van der Waals surface area (Å²) in [4.78, 5) is 11.3. The number of carbonyl (C=O) groups is 1. The van der Waals surface area contributed by atoms with Crippen LogP contribution < -0.4 is 0 Å². The van der Waals surface area contributed by atoms with Crippen molar-refractivity contribution in [1.82, 2.24) is 20.6 Å². The molecule has 0 amide bonds. The van der Waals surface area contributed by atoms with Crippen molar-refractivity contribution in [3.05, 3.63) is 29.8 Å². The van der Waals surface area contributed by atoms with Gasteiger partial charge in [0.1, 0.15) is 6.10 Å². The van der Waals surface area contributed by atoms with Crippen molar-refractivity contribution in [2.75, 3.05) is 6.61 Å². The van der Waals surface area contributed by atoms with Crippen molar-refractivity contribution in [1.29, 1.82) is 0 Å². The van der Waals surface area contributed by atoms with Gasteiger partial charge in [-0.1, -0.05) is 24.3 Å². The van der Waals surface area contributed by atoms with Gasteiger partial charge in [-0.15, -0.1) is 10.2 Å². The number of hydrogen-bond acceptors (Lipinski definition) is 7. The number of aliphatic hydroxyl groups excluding tert-OH is 2. The highest BCUT2D eigenvalue weighted by molar-refractivity contribution is 5.70. The van der Waals surface area contributed by atoms with Crippen LogP contribution in [0.5, 0.6) is 0 Å². The van der Waals surface area contributed by atoms with Crippen LogP contribution in [0.1, 0.15) is 25.0 Å². The second-order valence-corrected chi connectivity index (χ2v) is 4.38. The van der Waals surface area contributed by atoms with Crippen LogP contribution in [0.15, 0.2) is 24.3 Å². The first-order chi connectivity index (χ1) is 10.1. The maximum absolute atomic E-state index is 11.3. The molecular weight excluding hydrogens is 276 g/mol. The summed E-state index contributed by atoms with van der Waals surface area (Å²) in [5.74, 6) is -0.115. The third kappa shape index (κ3) is 3.83. The van der Waals surface area contributed by atoms with Gasteiger partial charge in [-0.3, -0.25) is 4.79 Å². The number of rotatable bonds is 6. The highest BCUT2D eigenvalue weighted by atomic mass is 16.5. The topological polar surface area (TPSA) is 121 Å².